The van der Waals surface area contributed by atoms with Crippen LogP contribution < -0.4 is 10.5 Å². The topological polar surface area (TPSA) is 35.2 Å². The molecule has 1 unspecified atom stereocenters. The third-order valence-corrected chi connectivity index (χ3v) is 3.97. The third-order valence-electron chi connectivity index (χ3n) is 3.97. The number of nitrogens with two attached hydrogens (primary N) is 1. The molecule has 2 aromatic carbocycles. The maximum Gasteiger partial charge on any atom is 0.118 e. The highest BCUT2D eigenvalue weighted by molar-refractivity contribution is 5.30. The second-order valence-corrected chi connectivity index (χ2v) is 6.96. The minimum atomic E-state index is 0.133. The smallest absolute Gasteiger partial charge is 0.118 e. The van der Waals surface area contributed by atoms with E-state index in [9.17, 15) is 0 Å². The molecule has 0 aliphatic heterocycles. The van der Waals surface area contributed by atoms with Gasteiger partial charge in [0.1, 0.15) is 5.75 Å². The molecule has 0 saturated carbocycles. The second-order valence-electron chi connectivity index (χ2n) is 6.96. The summed E-state index contributed by atoms with van der Waals surface area (Å²) in [6.07, 6.45) is 1.78. The minimum absolute atomic E-state index is 0.133. The summed E-state index contributed by atoms with van der Waals surface area (Å²) in [4.78, 5) is 0. The van der Waals surface area contributed by atoms with Crippen LogP contribution in [0.3, 0.4) is 0 Å². The lowest BCUT2D eigenvalue weighted by Gasteiger charge is -2.19. The van der Waals surface area contributed by atoms with E-state index < -0.39 is 0 Å². The fourth-order valence-corrected chi connectivity index (χ4v) is 2.58. The van der Waals surface area contributed by atoms with Gasteiger partial charge in [-0.05, 0) is 47.1 Å². The molecule has 118 valence electrons. The Labute approximate surface area is 134 Å². The molecule has 2 heteroatoms. The van der Waals surface area contributed by atoms with Crippen LogP contribution in [0.5, 0.6) is 5.75 Å². The Bertz CT molecular complexity index is 579. The van der Waals surface area contributed by atoms with Crippen LogP contribution in [0.25, 0.3) is 0 Å². The van der Waals surface area contributed by atoms with Crippen molar-refractivity contribution in [2.24, 2.45) is 5.73 Å². The first-order valence-corrected chi connectivity index (χ1v) is 7.86. The van der Waals surface area contributed by atoms with Gasteiger partial charge in [-0.1, -0.05) is 57.2 Å². The van der Waals surface area contributed by atoms with Crippen LogP contribution in [0.1, 0.15) is 37.5 Å². The number of methoxy groups -OCH3 is 1. The van der Waals surface area contributed by atoms with E-state index in [0.717, 1.165) is 18.6 Å². The van der Waals surface area contributed by atoms with E-state index in [4.69, 9.17) is 10.5 Å². The van der Waals surface area contributed by atoms with Crippen LogP contribution in [0.15, 0.2) is 48.5 Å². The Morgan fingerprint density at radius 2 is 1.32 bits per heavy atom. The van der Waals surface area contributed by atoms with Crippen molar-refractivity contribution in [2.45, 2.75) is 45.1 Å². The van der Waals surface area contributed by atoms with Crippen molar-refractivity contribution in [3.05, 3.63) is 65.2 Å². The van der Waals surface area contributed by atoms with E-state index in [1.54, 1.807) is 7.11 Å². The Kier molecular flexibility index (Phi) is 5.25. The molecule has 0 radical (unpaired) electrons. The average Bonchev–Trinajstić information content (AvgIpc) is 2.47. The molecular weight excluding hydrogens is 270 g/mol. The van der Waals surface area contributed by atoms with Gasteiger partial charge in [0, 0.05) is 6.04 Å². The van der Waals surface area contributed by atoms with E-state index in [0.29, 0.717) is 0 Å². The van der Waals surface area contributed by atoms with Gasteiger partial charge in [-0.15, -0.1) is 0 Å². The maximum absolute atomic E-state index is 6.30. The van der Waals surface area contributed by atoms with E-state index in [1.165, 1.54) is 16.7 Å². The van der Waals surface area contributed by atoms with Gasteiger partial charge in [-0.3, -0.25) is 0 Å². The van der Waals surface area contributed by atoms with Crippen LogP contribution in [0.4, 0.5) is 0 Å². The molecule has 2 N–H and O–H groups in total. The Hall–Kier alpha value is -1.80. The first-order valence-electron chi connectivity index (χ1n) is 7.86. The lowest BCUT2D eigenvalue weighted by molar-refractivity contribution is 0.414. The van der Waals surface area contributed by atoms with Gasteiger partial charge in [0.15, 0.2) is 0 Å². The quantitative estimate of drug-likeness (QED) is 0.901. The number of hydrogen-bond acceptors (Lipinski definition) is 2. The van der Waals surface area contributed by atoms with E-state index >= 15 is 0 Å². The first-order chi connectivity index (χ1) is 10.4. The Balaban J connectivity index is 1.95. The highest BCUT2D eigenvalue weighted by atomic mass is 16.5. The number of rotatable bonds is 5. The molecule has 0 aromatic heterocycles. The van der Waals surface area contributed by atoms with E-state index in [1.807, 2.05) is 12.1 Å². The average molecular weight is 297 g/mol. The van der Waals surface area contributed by atoms with Crippen molar-refractivity contribution >= 4 is 0 Å². The lowest BCUT2D eigenvalue weighted by Crippen LogP contribution is -2.25. The van der Waals surface area contributed by atoms with Crippen molar-refractivity contribution in [1.29, 1.82) is 0 Å². The molecule has 1 atom stereocenters. The molecule has 0 aliphatic carbocycles. The molecule has 0 heterocycles. The summed E-state index contributed by atoms with van der Waals surface area (Å²) in [6.45, 7) is 6.70. The van der Waals surface area contributed by atoms with Crippen molar-refractivity contribution in [1.82, 2.24) is 0 Å². The van der Waals surface area contributed by atoms with Gasteiger partial charge in [0.25, 0.3) is 0 Å². The van der Waals surface area contributed by atoms with Crippen LogP contribution in [0.2, 0.25) is 0 Å². The number of benzene rings is 2. The molecule has 0 bridgehead atoms. The molecule has 2 rings (SSSR count). The van der Waals surface area contributed by atoms with Crippen molar-refractivity contribution in [3.63, 3.8) is 0 Å². The standard InChI is InChI=1S/C20H27NO/c1-20(2,3)17-9-5-15(6-10-17)13-18(21)14-16-7-11-19(22-4)12-8-16/h5-12,18H,13-14,21H2,1-4H3. The zero-order valence-electron chi connectivity index (χ0n) is 14.1. The largest absolute Gasteiger partial charge is 0.497 e. The molecule has 2 aromatic rings. The Morgan fingerprint density at radius 1 is 0.864 bits per heavy atom. The molecule has 22 heavy (non-hydrogen) atoms. The summed E-state index contributed by atoms with van der Waals surface area (Å²) in [5, 5.41) is 0. The SMILES string of the molecule is COc1ccc(CC(N)Cc2ccc(C(C)(C)C)cc2)cc1. The fraction of sp³-hybridized carbons (Fsp3) is 0.400. The fourth-order valence-electron chi connectivity index (χ4n) is 2.58. The monoisotopic (exact) mass is 297 g/mol. The molecule has 0 saturated heterocycles. The number of hydrogen-bond donors (Lipinski definition) is 1. The highest BCUT2D eigenvalue weighted by Gasteiger charge is 2.13. The molecule has 0 fully saturated rings. The molecule has 0 spiro atoms. The van der Waals surface area contributed by atoms with Crippen molar-refractivity contribution in [2.75, 3.05) is 7.11 Å². The summed E-state index contributed by atoms with van der Waals surface area (Å²) in [7, 11) is 1.68. The van der Waals surface area contributed by atoms with E-state index in [-0.39, 0.29) is 11.5 Å². The van der Waals surface area contributed by atoms with Gasteiger partial charge in [0.05, 0.1) is 7.11 Å². The van der Waals surface area contributed by atoms with Crippen LogP contribution >= 0.6 is 0 Å². The van der Waals surface area contributed by atoms with Gasteiger partial charge in [-0.25, -0.2) is 0 Å². The summed E-state index contributed by atoms with van der Waals surface area (Å²) >= 11 is 0. The van der Waals surface area contributed by atoms with Gasteiger partial charge in [-0.2, -0.15) is 0 Å². The van der Waals surface area contributed by atoms with Crippen LogP contribution in [-0.2, 0) is 18.3 Å². The van der Waals surface area contributed by atoms with Crippen LogP contribution in [-0.4, -0.2) is 13.2 Å². The summed E-state index contributed by atoms with van der Waals surface area (Å²) in [5.41, 5.74) is 10.4. The predicted octanol–water partition coefficient (Wildman–Crippen LogP) is 4.11. The van der Waals surface area contributed by atoms with Crippen LogP contribution in [0, 0.1) is 0 Å². The number of ether oxygens (including phenoxy) is 1. The first kappa shape index (κ1) is 16.6. The second kappa shape index (κ2) is 6.97. The zero-order valence-corrected chi connectivity index (χ0v) is 14.1. The van der Waals surface area contributed by atoms with E-state index in [2.05, 4.69) is 57.2 Å². The maximum atomic E-state index is 6.30. The minimum Gasteiger partial charge on any atom is -0.497 e. The molecule has 0 amide bonds. The molecular formula is C20H27NO. The summed E-state index contributed by atoms with van der Waals surface area (Å²) in [6, 6.07) is 17.1. The summed E-state index contributed by atoms with van der Waals surface area (Å²) in [5.74, 6) is 0.884. The zero-order chi connectivity index (χ0) is 16.2. The van der Waals surface area contributed by atoms with Crippen molar-refractivity contribution in [3.8, 4) is 5.75 Å². The highest BCUT2D eigenvalue weighted by Crippen LogP contribution is 2.22. The predicted molar refractivity (Wildman–Crippen MR) is 93.5 cm³/mol. The normalized spacial score (nSPS) is 13.0. The lowest BCUT2D eigenvalue weighted by atomic mass is 9.86. The van der Waals surface area contributed by atoms with Gasteiger partial charge in [0.2, 0.25) is 0 Å². The third kappa shape index (κ3) is 4.60. The molecule has 0 aliphatic rings. The van der Waals surface area contributed by atoms with Crippen molar-refractivity contribution < 1.29 is 4.74 Å². The molecule has 2 nitrogen and oxygen atoms in total. The van der Waals surface area contributed by atoms with Gasteiger partial charge >= 0.3 is 0 Å². The Morgan fingerprint density at radius 3 is 1.73 bits per heavy atom. The summed E-state index contributed by atoms with van der Waals surface area (Å²) < 4.78 is 5.18. The van der Waals surface area contributed by atoms with Gasteiger partial charge < -0.3 is 10.5 Å².